The first-order valence-electron chi connectivity index (χ1n) is 16.3. The van der Waals surface area contributed by atoms with Crippen molar-refractivity contribution < 1.29 is 29.1 Å². The van der Waals surface area contributed by atoms with E-state index in [4.69, 9.17) is 11.5 Å². The Morgan fingerprint density at radius 1 is 1.06 bits per heavy atom. The lowest BCUT2D eigenvalue weighted by Crippen LogP contribution is -2.70. The molecule has 2 amide bonds. The molecule has 12 nitrogen and oxygen atoms in total. The van der Waals surface area contributed by atoms with Crippen molar-refractivity contribution in [3.05, 3.63) is 54.6 Å². The second-order valence-electron chi connectivity index (χ2n) is 13.4. The Morgan fingerprint density at radius 3 is 2.26 bits per heavy atom. The fourth-order valence-corrected chi connectivity index (χ4v) is 6.74. The van der Waals surface area contributed by atoms with Crippen LogP contribution < -0.4 is 21.7 Å². The third-order valence-corrected chi connectivity index (χ3v) is 9.46. The highest BCUT2D eigenvalue weighted by molar-refractivity contribution is 6.19. The maximum atomic E-state index is 15.0. The number of nitrogens with one attached hydrogen (secondary N) is 1. The highest BCUT2D eigenvalue weighted by Gasteiger charge is 2.65. The van der Waals surface area contributed by atoms with Gasteiger partial charge in [0.1, 0.15) is 23.3 Å². The maximum Gasteiger partial charge on any atom is 0.235 e. The van der Waals surface area contributed by atoms with Gasteiger partial charge in [0.05, 0.1) is 35.6 Å². The first kappa shape index (κ1) is 37.6. The van der Waals surface area contributed by atoms with Gasteiger partial charge >= 0.3 is 0 Å². The lowest BCUT2D eigenvalue weighted by Gasteiger charge is -2.50. The molecule has 256 valence electrons. The second kappa shape index (κ2) is 15.8. The Bertz CT molecular complexity index is 1420. The van der Waals surface area contributed by atoms with E-state index in [1.54, 1.807) is 44.2 Å². The number of hydrogen-bond donors (Lipinski definition) is 4. The van der Waals surface area contributed by atoms with Gasteiger partial charge in [-0.05, 0) is 48.4 Å². The number of carbonyl (C=O) groups is 5. The monoisotopic (exact) mass is 650 g/mol. The van der Waals surface area contributed by atoms with Gasteiger partial charge in [-0.1, -0.05) is 54.0 Å². The average Bonchev–Trinajstić information content (AvgIpc) is 3.03. The van der Waals surface area contributed by atoms with E-state index < -0.39 is 83.1 Å². The van der Waals surface area contributed by atoms with E-state index in [9.17, 15) is 24.3 Å². The molecule has 2 heterocycles. The zero-order chi connectivity index (χ0) is 35.2. The standard InChI is InChI=1S/C35H50N6O6/c1-8-21(6)29(37)32(45)30(25-13-9-10-15-39-25)40-34(47)35(20(4)5)28(31(44)24(36)16-19(2)3)27(43)17-26(33(35)46)41(22(7)42)23-12-11-14-38-18-23/h9-15,18-21,24,26,28-31,44H,8,16-17,36-37H2,1-7H3,(H,40,47)/t21-,24-,26?,28?,29-,30?,31+,35-/m0/s1. The van der Waals surface area contributed by atoms with Crippen molar-refractivity contribution in [1.29, 1.82) is 0 Å². The molecule has 3 rings (SSSR count). The van der Waals surface area contributed by atoms with Crippen molar-refractivity contribution in [2.75, 3.05) is 4.90 Å². The van der Waals surface area contributed by atoms with Gasteiger partial charge in [-0.3, -0.25) is 33.9 Å². The molecule has 0 aliphatic heterocycles. The van der Waals surface area contributed by atoms with Gasteiger partial charge in [-0.25, -0.2) is 0 Å². The van der Waals surface area contributed by atoms with Crippen molar-refractivity contribution in [1.82, 2.24) is 15.3 Å². The summed E-state index contributed by atoms with van der Waals surface area (Å²) in [6.07, 6.45) is 3.23. The first-order valence-corrected chi connectivity index (χ1v) is 16.3. The van der Waals surface area contributed by atoms with Crippen molar-refractivity contribution in [3.8, 4) is 0 Å². The van der Waals surface area contributed by atoms with E-state index in [0.717, 1.165) is 4.90 Å². The van der Waals surface area contributed by atoms with Crippen LogP contribution >= 0.6 is 0 Å². The van der Waals surface area contributed by atoms with Crippen molar-refractivity contribution in [2.24, 2.45) is 40.6 Å². The van der Waals surface area contributed by atoms with Gasteiger partial charge in [0.2, 0.25) is 11.8 Å². The minimum atomic E-state index is -2.24. The molecule has 1 saturated carbocycles. The zero-order valence-corrected chi connectivity index (χ0v) is 28.4. The number of pyridine rings is 2. The minimum absolute atomic E-state index is 0.0380. The summed E-state index contributed by atoms with van der Waals surface area (Å²) in [5.74, 6) is -6.02. The number of aliphatic hydroxyl groups is 1. The molecule has 3 unspecified atom stereocenters. The molecule has 1 aliphatic carbocycles. The first-order chi connectivity index (χ1) is 22.1. The number of Topliss-reactive ketones (excluding diaryl/α,β-unsaturated/α-hetero) is 3. The van der Waals surface area contributed by atoms with Crippen LogP contribution in [0.4, 0.5) is 5.69 Å². The summed E-state index contributed by atoms with van der Waals surface area (Å²) in [6, 6.07) is 3.36. The summed E-state index contributed by atoms with van der Waals surface area (Å²) >= 11 is 0. The number of carbonyl (C=O) groups excluding carboxylic acids is 5. The van der Waals surface area contributed by atoms with Crippen LogP contribution in [0.15, 0.2) is 48.9 Å². The van der Waals surface area contributed by atoms with Gasteiger partial charge in [0.15, 0.2) is 11.6 Å². The Kier molecular flexibility index (Phi) is 12.6. The number of nitrogens with zero attached hydrogens (tertiary/aromatic N) is 3. The molecule has 12 heteroatoms. The van der Waals surface area contributed by atoms with Gasteiger partial charge in [-0.2, -0.15) is 0 Å². The van der Waals surface area contributed by atoms with Crippen LogP contribution in [-0.2, 0) is 24.0 Å². The summed E-state index contributed by atoms with van der Waals surface area (Å²) in [7, 11) is 0. The fourth-order valence-electron chi connectivity index (χ4n) is 6.74. The number of hydrogen-bond acceptors (Lipinski definition) is 10. The van der Waals surface area contributed by atoms with Gasteiger partial charge in [0.25, 0.3) is 0 Å². The molecule has 0 radical (unpaired) electrons. The number of aliphatic hydroxyl groups excluding tert-OH is 1. The summed E-state index contributed by atoms with van der Waals surface area (Å²) in [5.41, 5.74) is 11.0. The van der Waals surface area contributed by atoms with E-state index in [1.165, 1.54) is 25.5 Å². The largest absolute Gasteiger partial charge is 0.391 e. The maximum absolute atomic E-state index is 15.0. The lowest BCUT2D eigenvalue weighted by molar-refractivity contribution is -0.168. The molecule has 47 heavy (non-hydrogen) atoms. The molecule has 2 aromatic heterocycles. The van der Waals surface area contributed by atoms with Crippen molar-refractivity contribution >= 4 is 34.9 Å². The van der Waals surface area contributed by atoms with E-state index in [2.05, 4.69) is 15.3 Å². The van der Waals surface area contributed by atoms with Crippen LogP contribution in [0.25, 0.3) is 0 Å². The SMILES string of the molecule is CC[C@H](C)[C@H](N)C(=O)C(NC(=O)[C@]1(C(C)C)C(=O)C(N(C(C)=O)c2cccnc2)CC(=O)C1[C@H](O)[C@@H](N)CC(C)C)c1ccccn1. The molecule has 6 N–H and O–H groups in total. The number of nitrogens with two attached hydrogens (primary N) is 2. The van der Waals surface area contributed by atoms with Crippen LogP contribution in [0, 0.1) is 29.1 Å². The Hall–Kier alpha value is -3.87. The fraction of sp³-hybridized carbons (Fsp3) is 0.571. The Balaban J connectivity index is 2.27. The number of amides is 2. The van der Waals surface area contributed by atoms with Crippen LogP contribution in [0.1, 0.15) is 79.5 Å². The summed E-state index contributed by atoms with van der Waals surface area (Å²) < 4.78 is 0. The third kappa shape index (κ3) is 7.66. The summed E-state index contributed by atoms with van der Waals surface area (Å²) in [6.45, 7) is 12.0. The molecule has 1 aliphatic rings. The summed E-state index contributed by atoms with van der Waals surface area (Å²) in [4.78, 5) is 80.8. The number of ketones is 3. The molecule has 0 spiro atoms. The van der Waals surface area contributed by atoms with E-state index in [0.29, 0.717) is 12.8 Å². The molecule has 0 aromatic carbocycles. The predicted molar refractivity (Wildman–Crippen MR) is 178 cm³/mol. The summed E-state index contributed by atoms with van der Waals surface area (Å²) in [5, 5.41) is 14.5. The molecule has 1 fully saturated rings. The number of anilines is 1. The Labute approximate surface area is 277 Å². The van der Waals surface area contributed by atoms with E-state index in [-0.39, 0.29) is 23.2 Å². The van der Waals surface area contributed by atoms with Gasteiger partial charge in [0, 0.05) is 31.8 Å². The quantitative estimate of drug-likeness (QED) is 0.220. The van der Waals surface area contributed by atoms with Gasteiger partial charge < -0.3 is 26.8 Å². The number of aromatic nitrogens is 2. The Morgan fingerprint density at radius 2 is 1.74 bits per heavy atom. The topological polar surface area (TPSA) is 199 Å². The van der Waals surface area contributed by atoms with E-state index in [1.807, 2.05) is 27.7 Å². The second-order valence-corrected chi connectivity index (χ2v) is 13.4. The predicted octanol–water partition coefficient (Wildman–Crippen LogP) is 2.53. The molecular formula is C35H50N6O6. The third-order valence-electron chi connectivity index (χ3n) is 9.46. The van der Waals surface area contributed by atoms with Crippen molar-refractivity contribution in [2.45, 2.75) is 98.0 Å². The van der Waals surface area contributed by atoms with E-state index >= 15 is 4.79 Å². The molecular weight excluding hydrogens is 600 g/mol. The molecule has 0 bridgehead atoms. The minimum Gasteiger partial charge on any atom is -0.391 e. The van der Waals surface area contributed by atoms with Crippen LogP contribution in [-0.4, -0.2) is 68.5 Å². The molecule has 8 atom stereocenters. The normalized spacial score (nSPS) is 23.1. The molecule has 0 saturated heterocycles. The average molecular weight is 651 g/mol. The van der Waals surface area contributed by atoms with Crippen molar-refractivity contribution in [3.63, 3.8) is 0 Å². The van der Waals surface area contributed by atoms with Crippen LogP contribution in [0.5, 0.6) is 0 Å². The van der Waals surface area contributed by atoms with Gasteiger partial charge in [-0.15, -0.1) is 0 Å². The highest BCUT2D eigenvalue weighted by Crippen LogP contribution is 2.48. The highest BCUT2D eigenvalue weighted by atomic mass is 16.3. The zero-order valence-electron chi connectivity index (χ0n) is 28.4. The van der Waals surface area contributed by atoms with Crippen LogP contribution in [0.2, 0.25) is 0 Å². The van der Waals surface area contributed by atoms with Crippen LogP contribution in [0.3, 0.4) is 0 Å². The smallest absolute Gasteiger partial charge is 0.235 e. The number of rotatable bonds is 14. The lowest BCUT2D eigenvalue weighted by atomic mass is 9.54. The molecule has 2 aromatic rings.